The summed E-state index contributed by atoms with van der Waals surface area (Å²) in [6.07, 6.45) is -2.04. The van der Waals surface area contributed by atoms with Crippen LogP contribution in [0.3, 0.4) is 0 Å². The minimum Gasteiger partial charge on any atom is -0.373 e. The zero-order chi connectivity index (χ0) is 28.2. The molecule has 0 aromatic heterocycles. The standard InChI is InChI=1S/2C10H19NO5.Ca.N3.2H/c2*1-10(2,6-12)8(15)9(16)11-5-3-4-7(13)14;;1-3-2;;/h2*8,12,15H,3-6H2,1-2H3,(H,11,16)(H,13,14);;;;/q;;;-1;;/t2*8-;;;;/m00..../s1. The van der Waals surface area contributed by atoms with E-state index in [0.717, 1.165) is 0 Å². The van der Waals surface area contributed by atoms with Gasteiger partial charge < -0.3 is 52.3 Å². The maximum Gasteiger partial charge on any atom is -0.255 e. The van der Waals surface area contributed by atoms with Crippen LogP contribution in [-0.2, 0) is 19.2 Å². The Hall–Kier alpha value is -1.71. The van der Waals surface area contributed by atoms with E-state index in [0.29, 0.717) is 12.8 Å². The normalized spacial score (nSPS) is 12.0. The average molecular weight is 551 g/mol. The number of carbonyl (C=O) groups excluding carboxylic acids is 2. The summed E-state index contributed by atoms with van der Waals surface area (Å²) in [7, 11) is 0. The third-order valence-corrected chi connectivity index (χ3v) is 4.53. The quantitative estimate of drug-likeness (QED) is 0.0413. The van der Waals surface area contributed by atoms with Crippen molar-refractivity contribution in [2.24, 2.45) is 10.8 Å². The number of amides is 2. The predicted octanol–water partition coefficient (Wildman–Crippen LogP) is -1.36. The monoisotopic (exact) mass is 550 g/mol. The first-order chi connectivity index (χ1) is 16.0. The summed E-state index contributed by atoms with van der Waals surface area (Å²) in [6, 6.07) is 0. The second-order valence-electron chi connectivity index (χ2n) is 8.76. The molecule has 2 atom stereocenters. The fourth-order valence-corrected chi connectivity index (χ4v) is 1.98. The molecule has 0 unspecified atom stereocenters. The molecule has 16 heteroatoms. The van der Waals surface area contributed by atoms with Crippen LogP contribution in [0.25, 0.3) is 16.0 Å². The Kier molecular flexibility index (Phi) is 25.9. The molecule has 208 valence electrons. The van der Waals surface area contributed by atoms with E-state index in [1.165, 1.54) is 4.91 Å². The average Bonchev–Trinajstić information content (AvgIpc) is 2.78. The van der Waals surface area contributed by atoms with Crippen molar-refractivity contribution in [2.75, 3.05) is 26.3 Å². The van der Waals surface area contributed by atoms with Gasteiger partial charge in [0.25, 0.3) is 0 Å². The van der Waals surface area contributed by atoms with Crippen molar-refractivity contribution in [1.82, 2.24) is 10.6 Å². The second-order valence-corrected chi connectivity index (χ2v) is 8.76. The summed E-state index contributed by atoms with van der Waals surface area (Å²) in [4.78, 5) is 44.6. The van der Waals surface area contributed by atoms with Crippen LogP contribution in [0.15, 0.2) is 0 Å². The largest absolute Gasteiger partial charge is 0.373 e. The number of rotatable bonds is 14. The molecule has 0 saturated heterocycles. The van der Waals surface area contributed by atoms with Crippen molar-refractivity contribution in [2.45, 2.75) is 65.6 Å². The van der Waals surface area contributed by atoms with Gasteiger partial charge in [-0.1, -0.05) is 27.7 Å². The first-order valence-electron chi connectivity index (χ1n) is 10.6. The van der Waals surface area contributed by atoms with Gasteiger partial charge in [-0.05, 0) is 12.8 Å². The van der Waals surface area contributed by atoms with Crippen LogP contribution < -0.4 is 10.6 Å². The maximum atomic E-state index is 11.4. The molecule has 0 aliphatic carbocycles. The number of aliphatic hydroxyl groups excluding tert-OH is 4. The number of hydrogen-bond donors (Lipinski definition) is 8. The zero-order valence-electron chi connectivity index (χ0n) is 20.5. The number of carboxylic acids is 2. The molecule has 0 aromatic rings. The fourth-order valence-electron chi connectivity index (χ4n) is 1.98. The molecule has 0 bridgehead atoms. The maximum absolute atomic E-state index is 11.4. The summed E-state index contributed by atoms with van der Waals surface area (Å²) in [6.45, 7) is 6.03. The summed E-state index contributed by atoms with van der Waals surface area (Å²) in [5, 5.41) is 58.6. The first kappa shape index (κ1) is 41.4. The number of carboxylic acid groups (broad SMARTS) is 2. The molecule has 0 spiro atoms. The van der Waals surface area contributed by atoms with Gasteiger partial charge in [-0.2, -0.15) is 0 Å². The SMILES string of the molecule is CC(C)(CO)[C@@H](O)C(=O)NCCCC(=O)O.CC(C)(CO)[C@@H](O)C(=O)NCCCC(=O)O.[CaH2].[N-]=[N+]=[N-]. The first-order valence-corrected chi connectivity index (χ1v) is 10.6. The Morgan fingerprint density at radius 1 is 0.750 bits per heavy atom. The molecule has 0 radical (unpaired) electrons. The molecular formula is C20H40CaN5O10-. The molecule has 8 N–H and O–H groups in total. The van der Waals surface area contributed by atoms with E-state index < -0.39 is 46.8 Å². The third kappa shape index (κ3) is 21.6. The van der Waals surface area contributed by atoms with Crippen LogP contribution in [0.2, 0.25) is 0 Å². The van der Waals surface area contributed by atoms with Crippen LogP contribution in [0, 0.1) is 10.8 Å². The smallest absolute Gasteiger partial charge is 0.255 e. The van der Waals surface area contributed by atoms with Crippen LogP contribution in [0.5, 0.6) is 0 Å². The van der Waals surface area contributed by atoms with Crippen LogP contribution in [0.4, 0.5) is 0 Å². The van der Waals surface area contributed by atoms with Gasteiger partial charge in [-0.25, -0.2) is 0 Å². The topological polar surface area (TPSA) is 272 Å². The molecule has 0 aliphatic heterocycles. The van der Waals surface area contributed by atoms with Gasteiger partial charge in [0.05, 0.1) is 13.2 Å². The Morgan fingerprint density at radius 3 is 1.19 bits per heavy atom. The van der Waals surface area contributed by atoms with Crippen LogP contribution in [0.1, 0.15) is 53.4 Å². The van der Waals surface area contributed by atoms with Gasteiger partial charge in [0, 0.05) is 36.8 Å². The van der Waals surface area contributed by atoms with E-state index in [-0.39, 0.29) is 76.9 Å². The van der Waals surface area contributed by atoms with Gasteiger partial charge >= 0.3 is 49.7 Å². The predicted molar refractivity (Wildman–Crippen MR) is 132 cm³/mol. The summed E-state index contributed by atoms with van der Waals surface area (Å²) in [5.74, 6) is -3.04. The van der Waals surface area contributed by atoms with Crippen molar-refractivity contribution in [3.8, 4) is 0 Å². The number of aliphatic hydroxyl groups is 4. The summed E-state index contributed by atoms with van der Waals surface area (Å²) < 4.78 is 0. The molecular weight excluding hydrogens is 510 g/mol. The Labute approximate surface area is 239 Å². The second kappa shape index (κ2) is 22.5. The van der Waals surface area contributed by atoms with E-state index in [4.69, 9.17) is 31.5 Å². The molecule has 2 amide bonds. The van der Waals surface area contributed by atoms with Crippen LogP contribution in [-0.4, -0.2) is 131 Å². The summed E-state index contributed by atoms with van der Waals surface area (Å²) >= 11 is 0. The van der Waals surface area contributed by atoms with Crippen molar-refractivity contribution >= 4 is 61.5 Å². The molecule has 0 rings (SSSR count). The van der Waals surface area contributed by atoms with Crippen LogP contribution >= 0.6 is 0 Å². The van der Waals surface area contributed by atoms with Crippen molar-refractivity contribution in [3.63, 3.8) is 0 Å². The minimum absolute atomic E-state index is 0. The van der Waals surface area contributed by atoms with Gasteiger partial charge in [0.1, 0.15) is 12.2 Å². The molecule has 0 heterocycles. The van der Waals surface area contributed by atoms with Crippen molar-refractivity contribution in [3.05, 3.63) is 16.0 Å². The number of nitrogens with zero attached hydrogens (tertiary/aromatic N) is 3. The van der Waals surface area contributed by atoms with Gasteiger partial charge in [0.15, 0.2) is 0 Å². The van der Waals surface area contributed by atoms with E-state index >= 15 is 0 Å². The number of carbonyl (C=O) groups is 4. The molecule has 0 fully saturated rings. The molecule has 0 saturated carbocycles. The van der Waals surface area contributed by atoms with E-state index in [9.17, 15) is 29.4 Å². The Bertz CT molecular complexity index is 648. The van der Waals surface area contributed by atoms with Gasteiger partial charge in [-0.15, -0.1) is 0 Å². The van der Waals surface area contributed by atoms with E-state index in [2.05, 4.69) is 10.6 Å². The minimum atomic E-state index is -1.30. The van der Waals surface area contributed by atoms with Gasteiger partial charge in [-0.3, -0.25) is 24.1 Å². The molecule has 36 heavy (non-hydrogen) atoms. The number of aliphatic carboxylic acids is 2. The van der Waals surface area contributed by atoms with E-state index in [1.807, 2.05) is 0 Å². The van der Waals surface area contributed by atoms with E-state index in [1.54, 1.807) is 27.7 Å². The number of nitrogens with one attached hydrogen (secondary N) is 2. The zero-order valence-corrected chi connectivity index (χ0v) is 20.5. The Morgan fingerprint density at radius 2 is 1.00 bits per heavy atom. The molecule has 0 aromatic carbocycles. The van der Waals surface area contributed by atoms with Gasteiger partial charge in [0.2, 0.25) is 11.8 Å². The van der Waals surface area contributed by atoms with Crippen molar-refractivity contribution in [1.29, 1.82) is 0 Å². The fraction of sp³-hybridized carbons (Fsp3) is 0.800. The number of hydrogen-bond acceptors (Lipinski definition) is 8. The Balaban J connectivity index is -0.000000250. The van der Waals surface area contributed by atoms with Crippen molar-refractivity contribution < 1.29 is 49.8 Å². The molecule has 15 nitrogen and oxygen atoms in total. The summed E-state index contributed by atoms with van der Waals surface area (Å²) in [5.41, 5.74) is 11.7. The third-order valence-electron chi connectivity index (χ3n) is 4.53. The molecule has 0 aliphatic rings.